The van der Waals surface area contributed by atoms with E-state index in [4.69, 9.17) is 9.84 Å². The summed E-state index contributed by atoms with van der Waals surface area (Å²) in [6.45, 7) is 0.560. The molecule has 0 bridgehead atoms. The second kappa shape index (κ2) is 7.12. The van der Waals surface area contributed by atoms with Gasteiger partial charge in [0.2, 0.25) is 11.9 Å². The van der Waals surface area contributed by atoms with Gasteiger partial charge >= 0.3 is 12.0 Å². The van der Waals surface area contributed by atoms with Crippen LogP contribution in [0.3, 0.4) is 0 Å². The van der Waals surface area contributed by atoms with Gasteiger partial charge in [-0.2, -0.15) is 0 Å². The summed E-state index contributed by atoms with van der Waals surface area (Å²) in [6, 6.07) is 6.38. The summed E-state index contributed by atoms with van der Waals surface area (Å²) < 4.78 is 7.18. The van der Waals surface area contributed by atoms with E-state index < -0.39 is 12.1 Å². The van der Waals surface area contributed by atoms with Crippen molar-refractivity contribution in [1.82, 2.24) is 15.1 Å². The molecule has 3 rings (SSSR count). The molecule has 0 aliphatic carbocycles. The number of para-hydroxylation sites is 1. The highest BCUT2D eigenvalue weighted by Crippen LogP contribution is 2.23. The van der Waals surface area contributed by atoms with Crippen molar-refractivity contribution in [3.63, 3.8) is 0 Å². The third kappa shape index (κ3) is 2.90. The molecule has 26 heavy (non-hydrogen) atoms. The number of hydrogen-bond donors (Lipinski definition) is 2. The standard InChI is InChI=1S/C17H21N5O4/c1-20-14-13(15(24)21(2)17(20)25)22(16(19-14)18-8-9-23)10-11-6-4-5-7-12(11)26-3/h4-7,13,23H,8-10H2,1-3H3/p+1. The number of nitrogens with zero attached hydrogens (tertiary/aromatic N) is 4. The number of ether oxygens (including phenoxy) is 1. The van der Waals surface area contributed by atoms with Gasteiger partial charge in [-0.25, -0.2) is 9.37 Å². The normalized spacial score (nSPS) is 19.7. The summed E-state index contributed by atoms with van der Waals surface area (Å²) in [4.78, 5) is 31.9. The van der Waals surface area contributed by atoms with Crippen molar-refractivity contribution in [2.24, 2.45) is 4.99 Å². The summed E-state index contributed by atoms with van der Waals surface area (Å²) in [6.07, 6.45) is 0. The van der Waals surface area contributed by atoms with Crippen LogP contribution in [0, 0.1) is 0 Å². The highest BCUT2D eigenvalue weighted by atomic mass is 16.5. The fraction of sp³-hybridized carbons (Fsp3) is 0.412. The zero-order valence-electron chi connectivity index (χ0n) is 15.0. The van der Waals surface area contributed by atoms with E-state index in [-0.39, 0.29) is 19.1 Å². The Hall–Kier alpha value is -2.94. The summed E-state index contributed by atoms with van der Waals surface area (Å²) in [5.41, 5.74) is 0.879. The molecule has 2 heterocycles. The number of amidine groups is 1. The third-order valence-electron chi connectivity index (χ3n) is 4.46. The first-order chi connectivity index (χ1) is 12.5. The van der Waals surface area contributed by atoms with Gasteiger partial charge in [-0.1, -0.05) is 23.2 Å². The first-order valence-electron chi connectivity index (χ1n) is 8.23. The molecular formula is C17H22N5O4+. The number of aliphatic imine (C=N–C) groups is 1. The lowest BCUT2D eigenvalue weighted by atomic mass is 10.1. The van der Waals surface area contributed by atoms with Crippen molar-refractivity contribution in [3.05, 3.63) is 29.8 Å². The highest BCUT2D eigenvalue weighted by molar-refractivity contribution is 6.22. The topological polar surface area (TPSA) is 97.5 Å². The number of rotatable bonds is 5. The first-order valence-corrected chi connectivity index (χ1v) is 8.23. The Morgan fingerprint density at radius 1 is 1.27 bits per heavy atom. The summed E-state index contributed by atoms with van der Waals surface area (Å²) in [7, 11) is 4.64. The number of aliphatic hydroxyl groups is 1. The van der Waals surface area contributed by atoms with Crippen LogP contribution in [0.25, 0.3) is 0 Å². The molecule has 1 atom stereocenters. The van der Waals surface area contributed by atoms with E-state index >= 15 is 0 Å². The van der Waals surface area contributed by atoms with Crippen LogP contribution in [0.15, 0.2) is 29.3 Å². The maximum absolute atomic E-state index is 12.8. The number of carbonyl (C=O) groups excluding carboxylic acids is 2. The molecule has 1 aromatic rings. The molecule has 1 aromatic carbocycles. The highest BCUT2D eigenvalue weighted by Gasteiger charge is 2.51. The molecule has 9 heteroatoms. The summed E-state index contributed by atoms with van der Waals surface area (Å²) >= 11 is 0. The van der Waals surface area contributed by atoms with Crippen LogP contribution in [-0.4, -0.2) is 83.6 Å². The van der Waals surface area contributed by atoms with Crippen LogP contribution in [0.5, 0.6) is 5.75 Å². The fourth-order valence-electron chi connectivity index (χ4n) is 3.09. The summed E-state index contributed by atoms with van der Waals surface area (Å²) in [5, 5.41) is 12.2. The molecule has 9 nitrogen and oxygen atoms in total. The SMILES string of the molecule is COc1ccccc1C[N+]1=C(NCCO)N=C2C1C(=O)N(C)C(=O)N2C. The Kier molecular flexibility index (Phi) is 4.90. The number of urea groups is 1. The fourth-order valence-corrected chi connectivity index (χ4v) is 3.09. The number of likely N-dealkylation sites (N-methyl/N-ethyl adjacent to an activating group) is 2. The molecule has 1 unspecified atom stereocenters. The van der Waals surface area contributed by atoms with E-state index in [1.54, 1.807) is 18.7 Å². The Morgan fingerprint density at radius 2 is 2.00 bits per heavy atom. The number of benzene rings is 1. The molecule has 3 amide bonds. The van der Waals surface area contributed by atoms with Crippen LogP contribution >= 0.6 is 0 Å². The summed E-state index contributed by atoms with van der Waals surface area (Å²) in [5.74, 6) is 1.16. The van der Waals surface area contributed by atoms with E-state index in [0.29, 0.717) is 24.1 Å². The lowest BCUT2D eigenvalue weighted by molar-refractivity contribution is -0.553. The Balaban J connectivity index is 2.02. The lowest BCUT2D eigenvalue weighted by Gasteiger charge is -2.31. The van der Waals surface area contributed by atoms with Gasteiger partial charge in [-0.3, -0.25) is 19.9 Å². The molecule has 0 radical (unpaired) electrons. The Bertz CT molecular complexity index is 804. The third-order valence-corrected chi connectivity index (χ3v) is 4.46. The van der Waals surface area contributed by atoms with E-state index in [1.165, 1.54) is 11.9 Å². The maximum Gasteiger partial charge on any atom is 0.390 e. The predicted molar refractivity (Wildman–Crippen MR) is 94.2 cm³/mol. The molecule has 0 aromatic heterocycles. The monoisotopic (exact) mass is 360 g/mol. The van der Waals surface area contributed by atoms with Crippen LogP contribution in [-0.2, 0) is 11.3 Å². The molecule has 2 N–H and O–H groups in total. The van der Waals surface area contributed by atoms with Crippen molar-refractivity contribution in [2.45, 2.75) is 12.6 Å². The Labute approximate surface area is 151 Å². The van der Waals surface area contributed by atoms with Gasteiger partial charge in [0.1, 0.15) is 5.75 Å². The zero-order valence-corrected chi connectivity index (χ0v) is 15.0. The largest absolute Gasteiger partial charge is 0.496 e. The number of aliphatic hydroxyl groups excluding tert-OH is 1. The van der Waals surface area contributed by atoms with Gasteiger partial charge < -0.3 is 9.84 Å². The van der Waals surface area contributed by atoms with Gasteiger partial charge in [0, 0.05) is 19.7 Å². The van der Waals surface area contributed by atoms with Gasteiger partial charge in [-0.15, -0.1) is 0 Å². The molecule has 138 valence electrons. The van der Waals surface area contributed by atoms with Gasteiger partial charge in [-0.05, 0) is 6.07 Å². The van der Waals surface area contributed by atoms with Crippen molar-refractivity contribution >= 4 is 23.7 Å². The number of amides is 3. The van der Waals surface area contributed by atoms with Gasteiger partial charge in [0.05, 0.1) is 26.8 Å². The molecular weight excluding hydrogens is 338 g/mol. The molecule has 0 spiro atoms. The predicted octanol–water partition coefficient (Wildman–Crippen LogP) is -0.550. The molecule has 2 aliphatic heterocycles. The number of methoxy groups -OCH3 is 1. The average molecular weight is 360 g/mol. The number of fused-ring (bicyclic) bond motifs is 1. The van der Waals surface area contributed by atoms with Gasteiger partial charge in [0.15, 0.2) is 0 Å². The number of hydrogen-bond acceptors (Lipinski definition) is 6. The molecule has 1 fully saturated rings. The maximum atomic E-state index is 12.8. The Morgan fingerprint density at radius 3 is 2.69 bits per heavy atom. The van der Waals surface area contributed by atoms with Crippen molar-refractivity contribution < 1.29 is 24.0 Å². The zero-order chi connectivity index (χ0) is 18.8. The van der Waals surface area contributed by atoms with Crippen molar-refractivity contribution in [2.75, 3.05) is 34.4 Å². The van der Waals surface area contributed by atoms with Crippen LogP contribution in [0.1, 0.15) is 5.56 Å². The van der Waals surface area contributed by atoms with E-state index in [2.05, 4.69) is 10.3 Å². The van der Waals surface area contributed by atoms with E-state index in [9.17, 15) is 9.59 Å². The first kappa shape index (κ1) is 17.9. The average Bonchev–Trinajstić information content (AvgIpc) is 3.01. The smallest absolute Gasteiger partial charge is 0.390 e. The van der Waals surface area contributed by atoms with Gasteiger partial charge in [0.25, 0.3) is 5.91 Å². The molecule has 1 saturated heterocycles. The second-order valence-corrected chi connectivity index (χ2v) is 6.03. The lowest BCUT2D eigenvalue weighted by Crippen LogP contribution is -2.61. The van der Waals surface area contributed by atoms with Crippen molar-refractivity contribution in [1.29, 1.82) is 0 Å². The number of guanidine groups is 1. The van der Waals surface area contributed by atoms with E-state index in [0.717, 1.165) is 10.5 Å². The minimum absolute atomic E-state index is 0.0792. The van der Waals surface area contributed by atoms with Crippen molar-refractivity contribution in [3.8, 4) is 5.75 Å². The van der Waals surface area contributed by atoms with Crippen LogP contribution in [0.2, 0.25) is 0 Å². The minimum atomic E-state index is -0.714. The number of imide groups is 1. The minimum Gasteiger partial charge on any atom is -0.496 e. The molecule has 2 aliphatic rings. The quantitative estimate of drug-likeness (QED) is 0.687. The second-order valence-electron chi connectivity index (χ2n) is 6.03. The number of nitrogens with one attached hydrogen (secondary N) is 1. The van der Waals surface area contributed by atoms with Crippen LogP contribution in [0.4, 0.5) is 4.79 Å². The number of carbonyl (C=O) groups is 2. The molecule has 0 saturated carbocycles. The van der Waals surface area contributed by atoms with Crippen LogP contribution < -0.4 is 10.1 Å². The van der Waals surface area contributed by atoms with E-state index in [1.807, 2.05) is 24.3 Å².